The first-order valence-corrected chi connectivity index (χ1v) is 36.7. The third-order valence-corrected chi connectivity index (χ3v) is 16.4. The van der Waals surface area contributed by atoms with Gasteiger partial charge in [-0.1, -0.05) is 246 Å². The van der Waals surface area contributed by atoms with Crippen LogP contribution in [0.4, 0.5) is 0 Å². The van der Waals surface area contributed by atoms with Gasteiger partial charge in [-0.15, -0.1) is 0 Å². The quantitative estimate of drug-likeness (QED) is 0.0169. The van der Waals surface area contributed by atoms with Crippen LogP contribution in [0.2, 0.25) is 0 Å². The smallest absolute Gasteiger partial charge is 0.462 e. The molecule has 85 heavy (non-hydrogen) atoms. The summed E-state index contributed by atoms with van der Waals surface area (Å²) < 4.78 is 68.0. The summed E-state index contributed by atoms with van der Waals surface area (Å²) in [6, 6.07) is 0. The number of carbonyl (C=O) groups is 4. The van der Waals surface area contributed by atoms with Crippen molar-refractivity contribution >= 4 is 39.5 Å². The van der Waals surface area contributed by atoms with E-state index >= 15 is 0 Å². The molecule has 0 heterocycles. The van der Waals surface area contributed by atoms with Crippen molar-refractivity contribution in [3.05, 3.63) is 24.3 Å². The van der Waals surface area contributed by atoms with Crippen LogP contribution in [0.3, 0.4) is 0 Å². The normalized spacial score (nSPS) is 14.5. The number of rotatable bonds is 62. The summed E-state index contributed by atoms with van der Waals surface area (Å²) in [4.78, 5) is 72.2. The fraction of sp³-hybridized carbons (Fsp3) is 0.879. The van der Waals surface area contributed by atoms with Gasteiger partial charge in [0.05, 0.1) is 26.4 Å². The summed E-state index contributed by atoms with van der Waals surface area (Å²) in [5, 5.41) is 10.5. The van der Waals surface area contributed by atoms with Crippen molar-refractivity contribution < 1.29 is 80.2 Å². The molecule has 5 atom stereocenters. The minimum Gasteiger partial charge on any atom is -0.462 e. The van der Waals surface area contributed by atoms with Crippen LogP contribution in [0.25, 0.3) is 0 Å². The van der Waals surface area contributed by atoms with Gasteiger partial charge in [-0.3, -0.25) is 37.3 Å². The Kier molecular flexibility index (Phi) is 55.1. The summed E-state index contributed by atoms with van der Waals surface area (Å²) >= 11 is 0. The van der Waals surface area contributed by atoms with Gasteiger partial charge in [-0.25, -0.2) is 9.13 Å². The molecule has 0 saturated carbocycles. The molecule has 0 spiro atoms. The van der Waals surface area contributed by atoms with Gasteiger partial charge in [0.2, 0.25) is 0 Å². The standard InChI is InChI=1S/C66H124O17P2/c1-8-9-10-11-12-13-14-15-16-17-18-19-25-35-42-49-65(70)82-61(53-76-63(68)47-40-33-27-22-24-31-38-45-58(4)5)55-80-84(72,73)78-51-60(67)52-79-85(74,75)81-56-62(54-77-64(69)48-41-34-29-28-32-39-46-59(6)7)83-66(71)50-43-36-26-21-20-23-30-37-44-57(2)3/h13-16,57-62,67H,8-12,17-56H2,1-7H3,(H,72,73)(H,74,75)/b14-13-,16-15-/t60?,61-,62-/m1/s1. The van der Waals surface area contributed by atoms with E-state index in [1.807, 2.05) is 0 Å². The molecular weight excluding hydrogens is 1130 g/mol. The molecule has 0 rings (SSSR count). The number of hydrogen-bond acceptors (Lipinski definition) is 15. The third-order valence-electron chi connectivity index (χ3n) is 14.5. The van der Waals surface area contributed by atoms with Crippen molar-refractivity contribution in [3.8, 4) is 0 Å². The number of aliphatic hydroxyl groups is 1. The van der Waals surface area contributed by atoms with Crippen molar-refractivity contribution in [1.29, 1.82) is 0 Å². The Hall–Kier alpha value is -2.46. The van der Waals surface area contributed by atoms with Crippen molar-refractivity contribution in [2.24, 2.45) is 17.8 Å². The molecule has 500 valence electrons. The maximum absolute atomic E-state index is 13.0. The topological polar surface area (TPSA) is 237 Å². The number of allylic oxidation sites excluding steroid dienone is 4. The summed E-state index contributed by atoms with van der Waals surface area (Å²) in [5.74, 6) is -0.0719. The van der Waals surface area contributed by atoms with Gasteiger partial charge < -0.3 is 33.8 Å². The molecule has 3 unspecified atom stereocenters. The molecule has 0 saturated heterocycles. The average Bonchev–Trinajstić information content (AvgIpc) is 3.57. The number of ether oxygens (including phenoxy) is 4. The number of hydrogen-bond donors (Lipinski definition) is 3. The lowest BCUT2D eigenvalue weighted by atomic mass is 10.0. The highest BCUT2D eigenvalue weighted by atomic mass is 31.2. The molecule has 0 aliphatic carbocycles. The fourth-order valence-corrected chi connectivity index (χ4v) is 10.9. The van der Waals surface area contributed by atoms with E-state index in [0.29, 0.717) is 37.5 Å². The number of carbonyl (C=O) groups excluding carboxylic acids is 4. The van der Waals surface area contributed by atoms with Gasteiger partial charge >= 0.3 is 39.5 Å². The van der Waals surface area contributed by atoms with Crippen molar-refractivity contribution in [3.63, 3.8) is 0 Å². The minimum absolute atomic E-state index is 0.0835. The van der Waals surface area contributed by atoms with Gasteiger partial charge in [-0.2, -0.15) is 0 Å². The Morgan fingerprint density at radius 2 is 0.635 bits per heavy atom. The molecule has 0 aromatic rings. The van der Waals surface area contributed by atoms with Crippen LogP contribution in [0.5, 0.6) is 0 Å². The monoisotopic (exact) mass is 1250 g/mol. The second kappa shape index (κ2) is 56.8. The highest BCUT2D eigenvalue weighted by Gasteiger charge is 2.30. The maximum Gasteiger partial charge on any atom is 0.472 e. The Bertz CT molecular complexity index is 1770. The predicted octanol–water partition coefficient (Wildman–Crippen LogP) is 17.8. The molecule has 0 fully saturated rings. The lowest BCUT2D eigenvalue weighted by Crippen LogP contribution is -2.30. The van der Waals surface area contributed by atoms with E-state index in [1.165, 1.54) is 83.5 Å². The van der Waals surface area contributed by atoms with E-state index < -0.39 is 97.5 Å². The fourth-order valence-electron chi connectivity index (χ4n) is 9.29. The number of aliphatic hydroxyl groups excluding tert-OH is 1. The van der Waals surface area contributed by atoms with Crippen LogP contribution in [0.15, 0.2) is 24.3 Å². The number of phosphoric ester groups is 2. The van der Waals surface area contributed by atoms with Gasteiger partial charge in [0.1, 0.15) is 19.3 Å². The van der Waals surface area contributed by atoms with Crippen LogP contribution >= 0.6 is 15.6 Å². The van der Waals surface area contributed by atoms with Gasteiger partial charge in [0.15, 0.2) is 12.2 Å². The molecule has 0 aromatic carbocycles. The molecule has 3 N–H and O–H groups in total. The van der Waals surface area contributed by atoms with E-state index in [9.17, 15) is 43.2 Å². The Balaban J connectivity index is 5.28. The minimum atomic E-state index is -4.96. The van der Waals surface area contributed by atoms with Crippen LogP contribution in [-0.4, -0.2) is 96.7 Å². The largest absolute Gasteiger partial charge is 0.472 e. The molecule has 0 amide bonds. The van der Waals surface area contributed by atoms with E-state index in [1.54, 1.807) is 0 Å². The second-order valence-electron chi connectivity index (χ2n) is 24.6. The first kappa shape index (κ1) is 82.5. The zero-order valence-corrected chi connectivity index (χ0v) is 56.3. The molecule has 0 aromatic heterocycles. The zero-order valence-electron chi connectivity index (χ0n) is 54.5. The summed E-state index contributed by atoms with van der Waals surface area (Å²) in [6.45, 7) is 11.6. The number of esters is 4. The predicted molar refractivity (Wildman–Crippen MR) is 340 cm³/mol. The van der Waals surface area contributed by atoms with Gasteiger partial charge in [0, 0.05) is 25.7 Å². The maximum atomic E-state index is 13.0. The summed E-state index contributed by atoms with van der Waals surface area (Å²) in [6.07, 6.45) is 41.4. The first-order chi connectivity index (χ1) is 40.7. The average molecular weight is 1250 g/mol. The van der Waals surface area contributed by atoms with Crippen LogP contribution in [0, 0.1) is 17.8 Å². The van der Waals surface area contributed by atoms with Crippen LogP contribution in [-0.2, 0) is 65.4 Å². The summed E-state index contributed by atoms with van der Waals surface area (Å²) in [5.41, 5.74) is 0. The van der Waals surface area contributed by atoms with Crippen molar-refractivity contribution in [1.82, 2.24) is 0 Å². The molecule has 0 radical (unpaired) electrons. The number of unbranched alkanes of at least 4 members (excludes halogenated alkanes) is 27. The van der Waals surface area contributed by atoms with Crippen LogP contribution < -0.4 is 0 Å². The van der Waals surface area contributed by atoms with E-state index in [-0.39, 0.29) is 25.7 Å². The van der Waals surface area contributed by atoms with E-state index in [0.717, 1.165) is 121 Å². The van der Waals surface area contributed by atoms with E-state index in [4.69, 9.17) is 37.0 Å². The Morgan fingerprint density at radius 1 is 0.365 bits per heavy atom. The molecule has 17 nitrogen and oxygen atoms in total. The van der Waals surface area contributed by atoms with Gasteiger partial charge in [0.25, 0.3) is 0 Å². The van der Waals surface area contributed by atoms with Gasteiger partial charge in [-0.05, 0) is 69.1 Å². The highest BCUT2D eigenvalue weighted by Crippen LogP contribution is 2.45. The lowest BCUT2D eigenvalue weighted by molar-refractivity contribution is -0.161. The Labute approximate surface area is 516 Å². The van der Waals surface area contributed by atoms with Crippen molar-refractivity contribution in [2.75, 3.05) is 39.6 Å². The Morgan fingerprint density at radius 3 is 0.953 bits per heavy atom. The summed E-state index contributed by atoms with van der Waals surface area (Å²) in [7, 11) is -9.90. The van der Waals surface area contributed by atoms with Crippen molar-refractivity contribution in [2.45, 2.75) is 317 Å². The highest BCUT2D eigenvalue weighted by molar-refractivity contribution is 7.47. The molecule has 19 heteroatoms. The molecule has 0 aliphatic heterocycles. The zero-order chi connectivity index (χ0) is 63.1. The molecule has 0 bridgehead atoms. The van der Waals surface area contributed by atoms with E-state index in [2.05, 4.69) is 72.8 Å². The first-order valence-electron chi connectivity index (χ1n) is 33.7. The number of phosphoric acid groups is 2. The third kappa shape index (κ3) is 60.2. The molecular formula is C66H124O17P2. The second-order valence-corrected chi connectivity index (χ2v) is 27.5. The molecule has 0 aliphatic rings. The SMILES string of the molecule is CCCCCC/C=C\C=C/CCCCCCCC(=O)O[C@H](COC(=O)CCCCCCCCCC(C)C)COP(=O)(O)OCC(O)COP(=O)(O)OC[C@@H](COC(=O)CCCCCCCCC(C)C)OC(=O)CCCCCCCCCCC(C)C. The lowest BCUT2D eigenvalue weighted by Gasteiger charge is -2.21. The van der Waals surface area contributed by atoms with Crippen LogP contribution in [0.1, 0.15) is 299 Å².